The molecule has 0 rings (SSSR count). The van der Waals surface area contributed by atoms with Crippen molar-refractivity contribution in [1.82, 2.24) is 0 Å². The molecule has 10 heavy (non-hydrogen) atoms. The van der Waals surface area contributed by atoms with Gasteiger partial charge in [-0.25, -0.2) is 0 Å². The minimum absolute atomic E-state index is 0.575. The van der Waals surface area contributed by atoms with Crippen LogP contribution in [0.25, 0.3) is 0 Å². The lowest BCUT2D eigenvalue weighted by Gasteiger charge is -1.98. The Kier molecular flexibility index (Phi) is 4.94. The van der Waals surface area contributed by atoms with Gasteiger partial charge in [-0.2, -0.15) is 0 Å². The monoisotopic (exact) mass is 203 g/mol. The maximum atomic E-state index is 4.83. The van der Waals surface area contributed by atoms with Crippen molar-refractivity contribution in [3.8, 4) is 0 Å². The highest BCUT2D eigenvalue weighted by Gasteiger charge is 1.94. The number of hydrogen-bond donors (Lipinski definition) is 0. The summed E-state index contributed by atoms with van der Waals surface area (Å²) in [6, 6.07) is 0. The van der Waals surface area contributed by atoms with E-state index in [1.54, 1.807) is 19.5 Å². The number of halogens is 1. The second-order valence-corrected chi connectivity index (χ2v) is 2.37. The summed E-state index contributed by atoms with van der Waals surface area (Å²) < 4.78 is 5.58. The van der Waals surface area contributed by atoms with E-state index in [1.165, 1.54) is 0 Å². The lowest BCUT2D eigenvalue weighted by atomic mass is 10.5. The highest BCUT2D eigenvalue weighted by Crippen LogP contribution is 2.14. The van der Waals surface area contributed by atoms with Gasteiger partial charge in [-0.05, 0) is 22.9 Å². The Labute approximate surface area is 69.4 Å². The molecule has 0 aliphatic rings. The van der Waals surface area contributed by atoms with E-state index in [0.29, 0.717) is 5.76 Å². The summed E-state index contributed by atoms with van der Waals surface area (Å²) in [4.78, 5) is 3.87. The van der Waals surface area contributed by atoms with Crippen LogP contribution in [0, 0.1) is 0 Å². The molecule has 0 aromatic heterocycles. The van der Waals surface area contributed by atoms with E-state index in [1.807, 2.05) is 6.92 Å². The van der Waals surface area contributed by atoms with Crippen LogP contribution in [0.2, 0.25) is 0 Å². The smallest absolute Gasteiger partial charge is 0.127 e. The van der Waals surface area contributed by atoms with Gasteiger partial charge in [0.15, 0.2) is 0 Å². The standard InChI is InChI=1S/C7H10BrNO/c1-4-9-5-7(8)6(2)10-3/h4-5H,2H2,1,3H3/b7-5+,9-4?. The normalized spacial score (nSPS) is 12.1. The zero-order valence-electron chi connectivity index (χ0n) is 6.10. The molecule has 0 saturated heterocycles. The molecule has 0 atom stereocenters. The van der Waals surface area contributed by atoms with E-state index in [9.17, 15) is 0 Å². The SMILES string of the molecule is C=C(OC)/C(Br)=C\N=CC. The first-order valence-corrected chi connectivity index (χ1v) is 3.58. The Hall–Kier alpha value is -0.570. The first kappa shape index (κ1) is 9.43. The van der Waals surface area contributed by atoms with Gasteiger partial charge in [-0.1, -0.05) is 6.58 Å². The zero-order valence-corrected chi connectivity index (χ0v) is 7.68. The molecule has 0 aliphatic heterocycles. The van der Waals surface area contributed by atoms with Gasteiger partial charge in [0, 0.05) is 12.4 Å². The van der Waals surface area contributed by atoms with Gasteiger partial charge in [-0.3, -0.25) is 4.99 Å². The molecule has 3 heteroatoms. The molecule has 0 spiro atoms. The van der Waals surface area contributed by atoms with Crippen LogP contribution in [0.15, 0.2) is 28.0 Å². The minimum atomic E-state index is 0.575. The van der Waals surface area contributed by atoms with E-state index in [0.717, 1.165) is 4.48 Å². The van der Waals surface area contributed by atoms with Crippen molar-refractivity contribution in [3.05, 3.63) is 23.0 Å². The third kappa shape index (κ3) is 3.45. The molecule has 0 radical (unpaired) electrons. The summed E-state index contributed by atoms with van der Waals surface area (Å²) in [5.41, 5.74) is 0. The average Bonchev–Trinajstić information content (AvgIpc) is 1.98. The Morgan fingerprint density at radius 3 is 2.70 bits per heavy atom. The number of rotatable bonds is 3. The Morgan fingerprint density at radius 2 is 2.30 bits per heavy atom. The van der Waals surface area contributed by atoms with Gasteiger partial charge in [0.05, 0.1) is 11.6 Å². The number of nitrogens with zero attached hydrogens (tertiary/aromatic N) is 1. The average molecular weight is 204 g/mol. The number of allylic oxidation sites excluding steroid dienone is 1. The summed E-state index contributed by atoms with van der Waals surface area (Å²) in [7, 11) is 1.56. The third-order valence-corrected chi connectivity index (χ3v) is 1.50. The molecule has 0 unspecified atom stereocenters. The number of methoxy groups -OCH3 is 1. The van der Waals surface area contributed by atoms with Crippen LogP contribution < -0.4 is 0 Å². The molecule has 0 aromatic carbocycles. The van der Waals surface area contributed by atoms with Crippen LogP contribution in [0.3, 0.4) is 0 Å². The third-order valence-electron chi connectivity index (χ3n) is 0.850. The molecule has 0 amide bonds. The van der Waals surface area contributed by atoms with Crippen LogP contribution in [0.1, 0.15) is 6.92 Å². The van der Waals surface area contributed by atoms with Gasteiger partial charge in [0.2, 0.25) is 0 Å². The first-order chi connectivity index (χ1) is 4.72. The second kappa shape index (κ2) is 5.23. The van der Waals surface area contributed by atoms with Crippen molar-refractivity contribution in [3.63, 3.8) is 0 Å². The van der Waals surface area contributed by atoms with Gasteiger partial charge < -0.3 is 4.74 Å². The molecule has 2 nitrogen and oxygen atoms in total. The summed E-state index contributed by atoms with van der Waals surface area (Å²) in [6.07, 6.45) is 3.32. The van der Waals surface area contributed by atoms with Gasteiger partial charge in [0.1, 0.15) is 5.76 Å². The first-order valence-electron chi connectivity index (χ1n) is 2.79. The van der Waals surface area contributed by atoms with E-state index in [4.69, 9.17) is 4.74 Å². The largest absolute Gasteiger partial charge is 0.496 e. The fraction of sp³-hybridized carbons (Fsp3) is 0.286. The van der Waals surface area contributed by atoms with Gasteiger partial charge in [-0.15, -0.1) is 0 Å². The minimum Gasteiger partial charge on any atom is -0.496 e. The molecule has 0 N–H and O–H groups in total. The molecular formula is C7H10BrNO. The van der Waals surface area contributed by atoms with Crippen LogP contribution >= 0.6 is 15.9 Å². The summed E-state index contributed by atoms with van der Waals surface area (Å²) in [6.45, 7) is 5.45. The molecule has 0 aliphatic carbocycles. The van der Waals surface area contributed by atoms with E-state index in [2.05, 4.69) is 27.5 Å². The zero-order chi connectivity index (χ0) is 7.98. The predicted octanol–water partition coefficient (Wildman–Crippen LogP) is 2.47. The Morgan fingerprint density at radius 1 is 1.70 bits per heavy atom. The molecule has 0 heterocycles. The quantitative estimate of drug-likeness (QED) is 0.393. The van der Waals surface area contributed by atoms with Crippen molar-refractivity contribution in [2.75, 3.05) is 7.11 Å². The highest BCUT2D eigenvalue weighted by molar-refractivity contribution is 9.11. The molecule has 56 valence electrons. The van der Waals surface area contributed by atoms with Crippen molar-refractivity contribution in [1.29, 1.82) is 0 Å². The van der Waals surface area contributed by atoms with Crippen LogP contribution in [-0.4, -0.2) is 13.3 Å². The van der Waals surface area contributed by atoms with Crippen molar-refractivity contribution >= 4 is 22.1 Å². The summed E-state index contributed by atoms with van der Waals surface area (Å²) in [5.74, 6) is 0.575. The summed E-state index contributed by atoms with van der Waals surface area (Å²) in [5, 5.41) is 0. The van der Waals surface area contributed by atoms with Crippen molar-refractivity contribution in [2.24, 2.45) is 4.99 Å². The number of hydrogen-bond acceptors (Lipinski definition) is 2. The van der Waals surface area contributed by atoms with Crippen molar-refractivity contribution in [2.45, 2.75) is 6.92 Å². The molecule has 0 saturated carbocycles. The van der Waals surface area contributed by atoms with E-state index < -0.39 is 0 Å². The van der Waals surface area contributed by atoms with E-state index >= 15 is 0 Å². The second-order valence-electron chi connectivity index (χ2n) is 1.51. The fourth-order valence-corrected chi connectivity index (χ4v) is 0.590. The van der Waals surface area contributed by atoms with Crippen molar-refractivity contribution < 1.29 is 4.74 Å². The molecule has 0 bridgehead atoms. The maximum absolute atomic E-state index is 4.83. The predicted molar refractivity (Wildman–Crippen MR) is 47.3 cm³/mol. The van der Waals surface area contributed by atoms with E-state index in [-0.39, 0.29) is 0 Å². The fourth-order valence-electron chi connectivity index (χ4n) is 0.309. The summed E-state index contributed by atoms with van der Waals surface area (Å²) >= 11 is 3.23. The Balaban J connectivity index is 4.05. The molecule has 0 fully saturated rings. The lowest BCUT2D eigenvalue weighted by Crippen LogP contribution is -1.81. The molecular weight excluding hydrogens is 194 g/mol. The highest BCUT2D eigenvalue weighted by atomic mass is 79.9. The number of aliphatic imine (C=N–C) groups is 1. The number of ether oxygens (including phenoxy) is 1. The van der Waals surface area contributed by atoms with Crippen LogP contribution in [-0.2, 0) is 4.74 Å². The van der Waals surface area contributed by atoms with Crippen LogP contribution in [0.5, 0.6) is 0 Å². The van der Waals surface area contributed by atoms with Crippen LogP contribution in [0.4, 0.5) is 0 Å². The Bertz CT molecular complexity index is 172. The topological polar surface area (TPSA) is 21.6 Å². The lowest BCUT2D eigenvalue weighted by molar-refractivity contribution is 0.307. The van der Waals surface area contributed by atoms with Gasteiger partial charge in [0.25, 0.3) is 0 Å². The molecule has 0 aromatic rings. The van der Waals surface area contributed by atoms with Gasteiger partial charge >= 0.3 is 0 Å². The maximum Gasteiger partial charge on any atom is 0.127 e.